The highest BCUT2D eigenvalue weighted by molar-refractivity contribution is 6.24. The van der Waals surface area contributed by atoms with Crippen LogP contribution in [-0.2, 0) is 0 Å². The van der Waals surface area contributed by atoms with Crippen LogP contribution in [0.1, 0.15) is 26.2 Å². The van der Waals surface area contributed by atoms with Crippen LogP contribution in [0.2, 0.25) is 0 Å². The smallest absolute Gasteiger partial charge is 0.0860 e. The largest absolute Gasteiger partial charge is 0.390 e. The number of rotatable bonds is 0. The second kappa shape index (κ2) is 4.17. The molecule has 2 aliphatic rings. The third-order valence-electron chi connectivity index (χ3n) is 3.52. The molecule has 0 radical (unpaired) electrons. The highest BCUT2D eigenvalue weighted by Gasteiger charge is 2.44. The topological polar surface area (TPSA) is 32.3 Å². The van der Waals surface area contributed by atoms with Gasteiger partial charge in [0.25, 0.3) is 0 Å². The van der Waals surface area contributed by atoms with Crippen LogP contribution < -0.4 is 5.32 Å². The number of fused-ring (bicyclic) bond motifs is 1. The highest BCUT2D eigenvalue weighted by Crippen LogP contribution is 2.37. The van der Waals surface area contributed by atoms with Crippen LogP contribution in [0.4, 0.5) is 0 Å². The molecule has 0 bridgehead atoms. The van der Waals surface area contributed by atoms with Gasteiger partial charge in [0.05, 0.1) is 11.5 Å². The van der Waals surface area contributed by atoms with E-state index in [2.05, 4.69) is 12.2 Å². The van der Waals surface area contributed by atoms with Crippen molar-refractivity contribution >= 4 is 23.2 Å². The van der Waals surface area contributed by atoms with Crippen LogP contribution in [0, 0.1) is 5.92 Å². The number of halogens is 2. The van der Waals surface area contributed by atoms with Crippen molar-refractivity contribution < 1.29 is 5.11 Å². The Balaban J connectivity index is 2.11. The Bertz CT molecular complexity index is 214. The van der Waals surface area contributed by atoms with Crippen molar-refractivity contribution in [2.45, 2.75) is 55.1 Å². The van der Waals surface area contributed by atoms with Gasteiger partial charge in [-0.25, -0.2) is 0 Å². The summed E-state index contributed by atoms with van der Waals surface area (Å²) in [5, 5.41) is 13.3. The molecule has 1 heterocycles. The average molecular weight is 238 g/mol. The molecule has 0 aromatic carbocycles. The molecule has 1 aliphatic carbocycles. The Labute approximate surface area is 95.0 Å². The summed E-state index contributed by atoms with van der Waals surface area (Å²) >= 11 is 12.3. The maximum atomic E-state index is 9.96. The zero-order valence-electron chi connectivity index (χ0n) is 8.29. The molecule has 1 aliphatic heterocycles. The molecule has 0 amide bonds. The number of aliphatic hydroxyl groups excluding tert-OH is 1. The van der Waals surface area contributed by atoms with Crippen LogP contribution in [0.15, 0.2) is 0 Å². The van der Waals surface area contributed by atoms with Gasteiger partial charge in [-0.1, -0.05) is 0 Å². The molecule has 2 fully saturated rings. The summed E-state index contributed by atoms with van der Waals surface area (Å²) < 4.78 is 0. The first-order valence-electron chi connectivity index (χ1n) is 5.32. The standard InChI is InChI=1S/C10H17Cl2NO/c1-5-2-3-6-7(11)4-8(12)10(14)9(6)13-5/h5-10,13-14H,2-4H2,1H3. The minimum atomic E-state index is -0.445. The monoisotopic (exact) mass is 237 g/mol. The molecule has 0 spiro atoms. The van der Waals surface area contributed by atoms with E-state index in [1.807, 2.05) is 0 Å². The molecule has 6 unspecified atom stereocenters. The third-order valence-corrected chi connectivity index (χ3v) is 4.46. The molecule has 1 saturated carbocycles. The Morgan fingerprint density at radius 2 is 1.93 bits per heavy atom. The summed E-state index contributed by atoms with van der Waals surface area (Å²) in [6.07, 6.45) is 2.53. The minimum Gasteiger partial charge on any atom is -0.390 e. The van der Waals surface area contributed by atoms with E-state index in [1.165, 1.54) is 0 Å². The van der Waals surface area contributed by atoms with Crippen molar-refractivity contribution in [3.8, 4) is 0 Å². The lowest BCUT2D eigenvalue weighted by atomic mass is 9.76. The van der Waals surface area contributed by atoms with Gasteiger partial charge >= 0.3 is 0 Å². The average Bonchev–Trinajstić information content (AvgIpc) is 2.14. The van der Waals surface area contributed by atoms with Crippen molar-refractivity contribution in [1.29, 1.82) is 0 Å². The Morgan fingerprint density at radius 1 is 1.21 bits per heavy atom. The fourth-order valence-electron chi connectivity index (χ4n) is 2.67. The molecular weight excluding hydrogens is 221 g/mol. The first kappa shape index (κ1) is 11.0. The lowest BCUT2D eigenvalue weighted by molar-refractivity contribution is 0.0380. The van der Waals surface area contributed by atoms with Crippen LogP contribution >= 0.6 is 23.2 Å². The van der Waals surface area contributed by atoms with E-state index < -0.39 is 6.10 Å². The highest BCUT2D eigenvalue weighted by atomic mass is 35.5. The maximum absolute atomic E-state index is 9.96. The van der Waals surface area contributed by atoms with Crippen LogP contribution in [0.5, 0.6) is 0 Å². The molecule has 2 nitrogen and oxygen atoms in total. The molecule has 14 heavy (non-hydrogen) atoms. The van der Waals surface area contributed by atoms with Gasteiger partial charge in [0.15, 0.2) is 0 Å². The molecule has 2 rings (SSSR count). The van der Waals surface area contributed by atoms with E-state index in [1.54, 1.807) is 0 Å². The number of aliphatic hydroxyl groups is 1. The van der Waals surface area contributed by atoms with Crippen LogP contribution in [0.25, 0.3) is 0 Å². The molecule has 1 saturated heterocycles. The Hall–Kier alpha value is 0.500. The van der Waals surface area contributed by atoms with Gasteiger partial charge in [0.2, 0.25) is 0 Å². The van der Waals surface area contributed by atoms with Gasteiger partial charge in [-0.3, -0.25) is 0 Å². The number of nitrogens with one attached hydrogen (secondary N) is 1. The van der Waals surface area contributed by atoms with E-state index in [0.717, 1.165) is 19.3 Å². The van der Waals surface area contributed by atoms with Crippen molar-refractivity contribution in [3.63, 3.8) is 0 Å². The van der Waals surface area contributed by atoms with Gasteiger partial charge in [-0.05, 0) is 32.1 Å². The SMILES string of the molecule is CC1CCC2C(Cl)CC(Cl)C(O)C2N1. The van der Waals surface area contributed by atoms with Gasteiger partial charge < -0.3 is 10.4 Å². The second-order valence-electron chi connectivity index (χ2n) is 4.59. The molecular formula is C10H17Cl2NO. The zero-order valence-corrected chi connectivity index (χ0v) is 9.80. The Kier molecular flexibility index (Phi) is 3.27. The zero-order chi connectivity index (χ0) is 10.3. The first-order chi connectivity index (χ1) is 6.59. The van der Waals surface area contributed by atoms with E-state index in [0.29, 0.717) is 12.0 Å². The summed E-state index contributed by atoms with van der Waals surface area (Å²) in [5.74, 6) is 0.387. The molecule has 6 atom stereocenters. The molecule has 0 aromatic rings. The van der Waals surface area contributed by atoms with Crippen molar-refractivity contribution in [2.75, 3.05) is 0 Å². The summed E-state index contributed by atoms with van der Waals surface area (Å²) in [6, 6.07) is 0.564. The molecule has 2 N–H and O–H groups in total. The van der Waals surface area contributed by atoms with Gasteiger partial charge in [0, 0.05) is 17.5 Å². The summed E-state index contributed by atoms with van der Waals surface area (Å²) in [4.78, 5) is 0. The van der Waals surface area contributed by atoms with Crippen molar-refractivity contribution in [3.05, 3.63) is 0 Å². The van der Waals surface area contributed by atoms with Crippen molar-refractivity contribution in [1.82, 2.24) is 5.32 Å². The van der Waals surface area contributed by atoms with Gasteiger partial charge in [-0.15, -0.1) is 23.2 Å². The lowest BCUT2D eigenvalue weighted by Crippen LogP contribution is -2.60. The third kappa shape index (κ3) is 1.90. The predicted octanol–water partition coefficient (Wildman–Crippen LogP) is 1.72. The minimum absolute atomic E-state index is 0.0949. The van der Waals surface area contributed by atoms with E-state index in [4.69, 9.17) is 23.2 Å². The quantitative estimate of drug-likeness (QED) is 0.630. The van der Waals surface area contributed by atoms with Crippen LogP contribution in [-0.4, -0.2) is 34.0 Å². The van der Waals surface area contributed by atoms with E-state index >= 15 is 0 Å². The lowest BCUT2D eigenvalue weighted by Gasteiger charge is -2.46. The normalized spacial score (nSPS) is 54.0. The van der Waals surface area contributed by atoms with Gasteiger partial charge in [0.1, 0.15) is 0 Å². The predicted molar refractivity (Wildman–Crippen MR) is 59.0 cm³/mol. The molecule has 0 aromatic heterocycles. The Morgan fingerprint density at radius 3 is 2.64 bits per heavy atom. The number of hydrogen-bond donors (Lipinski definition) is 2. The second-order valence-corrected chi connectivity index (χ2v) is 5.71. The van der Waals surface area contributed by atoms with Gasteiger partial charge in [-0.2, -0.15) is 0 Å². The molecule has 82 valence electrons. The number of hydrogen-bond acceptors (Lipinski definition) is 2. The van der Waals surface area contributed by atoms with Crippen molar-refractivity contribution in [2.24, 2.45) is 5.92 Å². The number of piperidine rings is 1. The fourth-order valence-corrected chi connectivity index (χ4v) is 3.58. The van der Waals surface area contributed by atoms with Crippen LogP contribution in [0.3, 0.4) is 0 Å². The first-order valence-corrected chi connectivity index (χ1v) is 6.19. The van der Waals surface area contributed by atoms with E-state index in [-0.39, 0.29) is 16.8 Å². The summed E-state index contributed by atoms with van der Waals surface area (Å²) in [6.45, 7) is 2.14. The fraction of sp³-hybridized carbons (Fsp3) is 1.00. The summed E-state index contributed by atoms with van der Waals surface area (Å²) in [5.41, 5.74) is 0. The maximum Gasteiger partial charge on any atom is 0.0860 e. The number of alkyl halides is 2. The van der Waals surface area contributed by atoms with E-state index in [9.17, 15) is 5.11 Å². The molecule has 4 heteroatoms. The summed E-state index contributed by atoms with van der Waals surface area (Å²) in [7, 11) is 0.